The first-order valence-corrected chi connectivity index (χ1v) is 7.80. The second-order valence-corrected chi connectivity index (χ2v) is 5.82. The van der Waals surface area contributed by atoms with Crippen LogP contribution in [-0.2, 0) is 13.6 Å². The highest BCUT2D eigenvalue weighted by Crippen LogP contribution is 2.26. The molecule has 20 heavy (non-hydrogen) atoms. The molecule has 0 aliphatic heterocycles. The van der Waals surface area contributed by atoms with Gasteiger partial charge in [-0.25, -0.2) is 0 Å². The summed E-state index contributed by atoms with van der Waals surface area (Å²) in [5, 5.41) is 6.99. The third-order valence-electron chi connectivity index (χ3n) is 4.41. The van der Waals surface area contributed by atoms with Gasteiger partial charge in [0.15, 0.2) is 5.96 Å². The minimum atomic E-state index is 0.577. The minimum Gasteiger partial charge on any atom is -0.354 e. The molecule has 2 atom stereocenters. The standard InChI is InChI=1S/C16H28N4/c1-4-13-7-5-8-14(11-13)19-16(17-2)18-12-15-9-6-10-20(15)3/h6,9-10,13-14H,4-5,7-8,11-12H2,1-3H3,(H2,17,18,19). The molecule has 112 valence electrons. The van der Waals surface area contributed by atoms with Gasteiger partial charge in [0.05, 0.1) is 6.54 Å². The lowest BCUT2D eigenvalue weighted by Gasteiger charge is -2.30. The molecule has 0 radical (unpaired) electrons. The highest BCUT2D eigenvalue weighted by molar-refractivity contribution is 5.79. The van der Waals surface area contributed by atoms with Crippen molar-refractivity contribution in [2.24, 2.45) is 18.0 Å². The molecule has 0 spiro atoms. The predicted molar refractivity (Wildman–Crippen MR) is 84.8 cm³/mol. The fourth-order valence-electron chi connectivity index (χ4n) is 3.04. The van der Waals surface area contributed by atoms with Crippen LogP contribution in [0.25, 0.3) is 0 Å². The van der Waals surface area contributed by atoms with E-state index in [1.54, 1.807) is 0 Å². The Hall–Kier alpha value is -1.45. The molecule has 2 N–H and O–H groups in total. The zero-order valence-electron chi connectivity index (χ0n) is 13.0. The Morgan fingerprint density at radius 1 is 1.45 bits per heavy atom. The molecule has 0 amide bonds. The number of rotatable bonds is 4. The third kappa shape index (κ3) is 4.02. The maximum Gasteiger partial charge on any atom is 0.191 e. The lowest BCUT2D eigenvalue weighted by atomic mass is 9.84. The van der Waals surface area contributed by atoms with Gasteiger partial charge in [-0.05, 0) is 30.9 Å². The van der Waals surface area contributed by atoms with E-state index in [1.807, 2.05) is 7.05 Å². The van der Waals surface area contributed by atoms with Crippen molar-refractivity contribution >= 4 is 5.96 Å². The predicted octanol–water partition coefficient (Wildman–Crippen LogP) is 2.66. The van der Waals surface area contributed by atoms with Crippen LogP contribution in [0.3, 0.4) is 0 Å². The first-order chi connectivity index (χ1) is 9.72. The SMILES string of the molecule is CCC1CCCC(NC(=NC)NCc2cccn2C)C1. The molecular formula is C16H28N4. The lowest BCUT2D eigenvalue weighted by molar-refractivity contribution is 0.298. The van der Waals surface area contributed by atoms with E-state index in [4.69, 9.17) is 0 Å². The Kier molecular flexibility index (Phi) is 5.50. The Morgan fingerprint density at radius 3 is 2.95 bits per heavy atom. The molecule has 1 heterocycles. The van der Waals surface area contributed by atoms with Gasteiger partial charge in [-0.1, -0.05) is 26.2 Å². The number of aryl methyl sites for hydroxylation is 1. The van der Waals surface area contributed by atoms with E-state index in [9.17, 15) is 0 Å². The van der Waals surface area contributed by atoms with Gasteiger partial charge >= 0.3 is 0 Å². The van der Waals surface area contributed by atoms with Crippen LogP contribution in [0.15, 0.2) is 23.3 Å². The van der Waals surface area contributed by atoms with E-state index in [0.29, 0.717) is 6.04 Å². The third-order valence-corrected chi connectivity index (χ3v) is 4.41. The van der Waals surface area contributed by atoms with Crippen LogP contribution < -0.4 is 10.6 Å². The molecule has 0 saturated heterocycles. The van der Waals surface area contributed by atoms with E-state index >= 15 is 0 Å². The normalized spacial score (nSPS) is 23.6. The summed E-state index contributed by atoms with van der Waals surface area (Å²) in [7, 11) is 3.92. The van der Waals surface area contributed by atoms with E-state index in [0.717, 1.165) is 18.4 Å². The lowest BCUT2D eigenvalue weighted by Crippen LogP contribution is -2.45. The molecule has 1 aliphatic carbocycles. The molecule has 0 aromatic carbocycles. The van der Waals surface area contributed by atoms with Crippen molar-refractivity contribution in [3.63, 3.8) is 0 Å². The Labute approximate surface area is 122 Å². The summed E-state index contributed by atoms with van der Waals surface area (Å²) in [6.45, 7) is 3.11. The smallest absolute Gasteiger partial charge is 0.191 e. The van der Waals surface area contributed by atoms with Crippen molar-refractivity contribution in [1.82, 2.24) is 15.2 Å². The van der Waals surface area contributed by atoms with Crippen molar-refractivity contribution in [1.29, 1.82) is 0 Å². The summed E-state index contributed by atoms with van der Waals surface area (Å²) in [4.78, 5) is 4.35. The molecule has 1 saturated carbocycles. The van der Waals surface area contributed by atoms with Crippen molar-refractivity contribution in [3.05, 3.63) is 24.0 Å². The summed E-state index contributed by atoms with van der Waals surface area (Å²) in [5.74, 6) is 1.81. The fourth-order valence-corrected chi connectivity index (χ4v) is 3.04. The van der Waals surface area contributed by atoms with Crippen LogP contribution in [-0.4, -0.2) is 23.6 Å². The average Bonchev–Trinajstić information content (AvgIpc) is 2.89. The van der Waals surface area contributed by atoms with Gasteiger partial charge in [0.2, 0.25) is 0 Å². The summed E-state index contributed by atoms with van der Waals surface area (Å²) in [6.07, 6.45) is 8.64. The number of guanidine groups is 1. The van der Waals surface area contributed by atoms with Crippen molar-refractivity contribution in [2.75, 3.05) is 7.05 Å². The van der Waals surface area contributed by atoms with Crippen molar-refractivity contribution in [2.45, 2.75) is 51.6 Å². The van der Waals surface area contributed by atoms with E-state index in [-0.39, 0.29) is 0 Å². The molecule has 1 fully saturated rings. The van der Waals surface area contributed by atoms with Crippen LogP contribution in [0.1, 0.15) is 44.7 Å². The van der Waals surface area contributed by atoms with Crippen LogP contribution in [0.2, 0.25) is 0 Å². The molecular weight excluding hydrogens is 248 g/mol. The molecule has 1 aliphatic rings. The quantitative estimate of drug-likeness (QED) is 0.656. The first kappa shape index (κ1) is 14.9. The summed E-state index contributed by atoms with van der Waals surface area (Å²) in [6, 6.07) is 4.78. The highest BCUT2D eigenvalue weighted by Gasteiger charge is 2.21. The molecule has 1 aromatic rings. The van der Waals surface area contributed by atoms with Crippen molar-refractivity contribution < 1.29 is 0 Å². The van der Waals surface area contributed by atoms with Gasteiger partial charge in [0.1, 0.15) is 0 Å². The van der Waals surface area contributed by atoms with E-state index < -0.39 is 0 Å². The molecule has 0 bridgehead atoms. The van der Waals surface area contributed by atoms with Crippen LogP contribution >= 0.6 is 0 Å². The monoisotopic (exact) mass is 276 g/mol. The largest absolute Gasteiger partial charge is 0.354 e. The zero-order chi connectivity index (χ0) is 14.4. The maximum atomic E-state index is 4.35. The molecule has 4 heteroatoms. The highest BCUT2D eigenvalue weighted by atomic mass is 15.2. The maximum absolute atomic E-state index is 4.35. The number of aromatic nitrogens is 1. The van der Waals surface area contributed by atoms with Gasteiger partial charge in [-0.3, -0.25) is 4.99 Å². The van der Waals surface area contributed by atoms with Gasteiger partial charge in [-0.15, -0.1) is 0 Å². The van der Waals surface area contributed by atoms with Gasteiger partial charge in [-0.2, -0.15) is 0 Å². The van der Waals surface area contributed by atoms with Gasteiger partial charge in [0, 0.05) is 32.0 Å². The number of aliphatic imine (C=N–C) groups is 1. The first-order valence-electron chi connectivity index (χ1n) is 7.80. The van der Waals surface area contributed by atoms with E-state index in [2.05, 4.69) is 52.5 Å². The fraction of sp³-hybridized carbons (Fsp3) is 0.688. The van der Waals surface area contributed by atoms with Crippen LogP contribution in [0.5, 0.6) is 0 Å². The van der Waals surface area contributed by atoms with E-state index in [1.165, 1.54) is 37.8 Å². The zero-order valence-corrected chi connectivity index (χ0v) is 13.0. The molecule has 2 unspecified atom stereocenters. The molecule has 2 rings (SSSR count). The summed E-state index contributed by atoms with van der Waals surface area (Å²) < 4.78 is 2.13. The second-order valence-electron chi connectivity index (χ2n) is 5.82. The van der Waals surface area contributed by atoms with Gasteiger partial charge < -0.3 is 15.2 Å². The molecule has 1 aromatic heterocycles. The minimum absolute atomic E-state index is 0.577. The summed E-state index contributed by atoms with van der Waals surface area (Å²) in [5.41, 5.74) is 1.27. The van der Waals surface area contributed by atoms with Gasteiger partial charge in [0.25, 0.3) is 0 Å². The Bertz CT molecular complexity index is 435. The topological polar surface area (TPSA) is 41.4 Å². The summed E-state index contributed by atoms with van der Waals surface area (Å²) >= 11 is 0. The number of nitrogens with one attached hydrogen (secondary N) is 2. The Morgan fingerprint density at radius 2 is 2.30 bits per heavy atom. The van der Waals surface area contributed by atoms with Crippen molar-refractivity contribution in [3.8, 4) is 0 Å². The number of hydrogen-bond donors (Lipinski definition) is 2. The van der Waals surface area contributed by atoms with Crippen LogP contribution in [0.4, 0.5) is 0 Å². The molecule has 4 nitrogen and oxygen atoms in total. The number of nitrogens with zero attached hydrogens (tertiary/aromatic N) is 2. The average molecular weight is 276 g/mol. The second kappa shape index (κ2) is 7.36. The van der Waals surface area contributed by atoms with Crippen LogP contribution in [0, 0.1) is 5.92 Å². The Balaban J connectivity index is 1.82. The number of hydrogen-bond acceptors (Lipinski definition) is 1.